The lowest BCUT2D eigenvalue weighted by Gasteiger charge is -2.22. The summed E-state index contributed by atoms with van der Waals surface area (Å²) < 4.78 is 10.2. The molecule has 1 N–H and O–H groups in total. The predicted octanol–water partition coefficient (Wildman–Crippen LogP) is 1.87. The van der Waals surface area contributed by atoms with Crippen molar-refractivity contribution in [2.75, 3.05) is 26.8 Å². The monoisotopic (exact) mass is 267 g/mol. The molecule has 0 spiro atoms. The zero-order valence-electron chi connectivity index (χ0n) is 11.5. The van der Waals surface area contributed by atoms with Gasteiger partial charge in [0.05, 0.1) is 11.7 Å². The normalized spacial score (nSPS) is 18.8. The second kappa shape index (κ2) is 6.56. The van der Waals surface area contributed by atoms with Gasteiger partial charge in [-0.25, -0.2) is 4.79 Å². The standard InChI is InChI=1S/C13H21N3O3/c1-10-9-12(19-15-10)11-5-3-7-16(11)13(17)14-6-4-8-18-2/h9,11H,3-8H2,1-2H3,(H,14,17)/t11-/m0/s1. The summed E-state index contributed by atoms with van der Waals surface area (Å²) in [5.41, 5.74) is 0.849. The van der Waals surface area contributed by atoms with Crippen LogP contribution in [-0.2, 0) is 4.74 Å². The minimum atomic E-state index is -0.0346. The molecule has 1 aromatic heterocycles. The van der Waals surface area contributed by atoms with Crippen LogP contribution in [0.4, 0.5) is 4.79 Å². The van der Waals surface area contributed by atoms with E-state index in [-0.39, 0.29) is 12.1 Å². The van der Waals surface area contributed by atoms with E-state index >= 15 is 0 Å². The summed E-state index contributed by atoms with van der Waals surface area (Å²) in [5.74, 6) is 0.780. The molecule has 2 heterocycles. The van der Waals surface area contributed by atoms with Crippen LogP contribution in [0, 0.1) is 6.92 Å². The van der Waals surface area contributed by atoms with Crippen LogP contribution in [0.25, 0.3) is 0 Å². The molecule has 0 bridgehead atoms. The van der Waals surface area contributed by atoms with Crippen LogP contribution in [0.5, 0.6) is 0 Å². The van der Waals surface area contributed by atoms with Crippen LogP contribution in [0.2, 0.25) is 0 Å². The van der Waals surface area contributed by atoms with Gasteiger partial charge in [0.2, 0.25) is 0 Å². The molecule has 1 aliphatic rings. The van der Waals surface area contributed by atoms with E-state index in [2.05, 4.69) is 10.5 Å². The molecular formula is C13H21N3O3. The number of hydrogen-bond donors (Lipinski definition) is 1. The number of carbonyl (C=O) groups is 1. The Morgan fingerprint density at radius 3 is 3.21 bits per heavy atom. The van der Waals surface area contributed by atoms with Crippen molar-refractivity contribution in [3.8, 4) is 0 Å². The van der Waals surface area contributed by atoms with Gasteiger partial charge in [-0.3, -0.25) is 0 Å². The summed E-state index contributed by atoms with van der Waals surface area (Å²) in [6, 6.07) is 1.89. The van der Waals surface area contributed by atoms with Crippen molar-refractivity contribution in [1.29, 1.82) is 0 Å². The van der Waals surface area contributed by atoms with Gasteiger partial charge < -0.3 is 19.5 Å². The van der Waals surface area contributed by atoms with Crippen molar-refractivity contribution in [3.63, 3.8) is 0 Å². The fourth-order valence-electron chi connectivity index (χ4n) is 2.36. The second-order valence-electron chi connectivity index (χ2n) is 4.80. The predicted molar refractivity (Wildman–Crippen MR) is 69.8 cm³/mol. The molecule has 2 amide bonds. The second-order valence-corrected chi connectivity index (χ2v) is 4.80. The largest absolute Gasteiger partial charge is 0.385 e. The van der Waals surface area contributed by atoms with Crippen molar-refractivity contribution in [2.24, 2.45) is 0 Å². The number of aromatic nitrogens is 1. The van der Waals surface area contributed by atoms with Crippen LogP contribution in [0.3, 0.4) is 0 Å². The number of rotatable bonds is 5. The van der Waals surface area contributed by atoms with Crippen LogP contribution < -0.4 is 5.32 Å². The highest BCUT2D eigenvalue weighted by atomic mass is 16.5. The summed E-state index contributed by atoms with van der Waals surface area (Å²) in [5, 5.41) is 6.80. The highest BCUT2D eigenvalue weighted by Crippen LogP contribution is 2.32. The quantitative estimate of drug-likeness (QED) is 0.827. The van der Waals surface area contributed by atoms with Gasteiger partial charge in [0.25, 0.3) is 0 Å². The van der Waals surface area contributed by atoms with Gasteiger partial charge in [0.15, 0.2) is 5.76 Å². The van der Waals surface area contributed by atoms with Crippen molar-refractivity contribution in [2.45, 2.75) is 32.2 Å². The van der Waals surface area contributed by atoms with E-state index in [0.717, 1.165) is 37.3 Å². The molecule has 6 nitrogen and oxygen atoms in total. The molecule has 1 aromatic rings. The first-order valence-electron chi connectivity index (χ1n) is 6.69. The summed E-state index contributed by atoms with van der Waals surface area (Å²) in [4.78, 5) is 13.9. The van der Waals surface area contributed by atoms with Gasteiger partial charge in [-0.05, 0) is 26.2 Å². The summed E-state index contributed by atoms with van der Waals surface area (Å²) in [6.45, 7) is 3.94. The lowest BCUT2D eigenvalue weighted by atomic mass is 10.1. The van der Waals surface area contributed by atoms with Crippen LogP contribution >= 0.6 is 0 Å². The van der Waals surface area contributed by atoms with Crippen molar-refractivity contribution in [3.05, 3.63) is 17.5 Å². The number of methoxy groups -OCH3 is 1. The lowest BCUT2D eigenvalue weighted by molar-refractivity contribution is 0.176. The number of urea groups is 1. The van der Waals surface area contributed by atoms with Crippen molar-refractivity contribution >= 4 is 6.03 Å². The molecule has 2 rings (SSSR count). The Kier molecular flexibility index (Phi) is 4.79. The minimum Gasteiger partial charge on any atom is -0.385 e. The number of nitrogens with zero attached hydrogens (tertiary/aromatic N) is 2. The molecule has 0 unspecified atom stereocenters. The number of amides is 2. The Labute approximate surface area is 113 Å². The number of carbonyl (C=O) groups excluding carboxylic acids is 1. The topological polar surface area (TPSA) is 67.6 Å². The Hall–Kier alpha value is -1.56. The van der Waals surface area contributed by atoms with Gasteiger partial charge in [-0.1, -0.05) is 5.16 Å². The fraction of sp³-hybridized carbons (Fsp3) is 0.692. The van der Waals surface area contributed by atoms with Crippen LogP contribution in [0.15, 0.2) is 10.6 Å². The molecule has 1 fully saturated rings. The van der Waals surface area contributed by atoms with E-state index in [4.69, 9.17) is 9.26 Å². The van der Waals surface area contributed by atoms with E-state index in [1.54, 1.807) is 7.11 Å². The Bertz CT molecular complexity index is 419. The van der Waals surface area contributed by atoms with Crippen LogP contribution in [0.1, 0.15) is 36.8 Å². The zero-order valence-corrected chi connectivity index (χ0v) is 11.5. The average Bonchev–Trinajstić information content (AvgIpc) is 3.02. The van der Waals surface area contributed by atoms with Gasteiger partial charge in [0, 0.05) is 32.9 Å². The fourth-order valence-corrected chi connectivity index (χ4v) is 2.36. The molecular weight excluding hydrogens is 246 g/mol. The Morgan fingerprint density at radius 2 is 2.53 bits per heavy atom. The molecule has 6 heteroatoms. The summed E-state index contributed by atoms with van der Waals surface area (Å²) >= 11 is 0. The van der Waals surface area contributed by atoms with Gasteiger partial charge in [-0.2, -0.15) is 0 Å². The maximum absolute atomic E-state index is 12.1. The van der Waals surface area contributed by atoms with E-state index in [1.807, 2.05) is 17.9 Å². The summed E-state index contributed by atoms with van der Waals surface area (Å²) in [7, 11) is 1.66. The van der Waals surface area contributed by atoms with Crippen molar-refractivity contribution in [1.82, 2.24) is 15.4 Å². The smallest absolute Gasteiger partial charge is 0.318 e. The number of hydrogen-bond acceptors (Lipinski definition) is 4. The molecule has 0 aliphatic carbocycles. The average molecular weight is 267 g/mol. The highest BCUT2D eigenvalue weighted by Gasteiger charge is 2.32. The number of ether oxygens (including phenoxy) is 1. The third-order valence-electron chi connectivity index (χ3n) is 3.29. The Balaban J connectivity index is 1.89. The molecule has 0 radical (unpaired) electrons. The minimum absolute atomic E-state index is 0.0172. The third-order valence-corrected chi connectivity index (χ3v) is 3.29. The van der Waals surface area contributed by atoms with E-state index < -0.39 is 0 Å². The maximum atomic E-state index is 12.1. The molecule has 0 aromatic carbocycles. The first-order chi connectivity index (χ1) is 9.22. The lowest BCUT2D eigenvalue weighted by Crippen LogP contribution is -2.40. The molecule has 0 saturated carbocycles. The molecule has 19 heavy (non-hydrogen) atoms. The SMILES string of the molecule is COCCCNC(=O)N1CCC[C@H]1c1cc(C)no1. The van der Waals surface area contributed by atoms with E-state index in [9.17, 15) is 4.79 Å². The number of nitrogens with one attached hydrogen (secondary N) is 1. The third kappa shape index (κ3) is 3.47. The van der Waals surface area contributed by atoms with Gasteiger partial charge in [-0.15, -0.1) is 0 Å². The van der Waals surface area contributed by atoms with E-state index in [0.29, 0.717) is 13.2 Å². The van der Waals surface area contributed by atoms with Crippen molar-refractivity contribution < 1.29 is 14.1 Å². The highest BCUT2D eigenvalue weighted by molar-refractivity contribution is 5.74. The molecule has 1 aliphatic heterocycles. The molecule has 106 valence electrons. The maximum Gasteiger partial charge on any atom is 0.318 e. The first-order valence-corrected chi connectivity index (χ1v) is 6.69. The van der Waals surface area contributed by atoms with Gasteiger partial charge in [0.1, 0.15) is 0 Å². The van der Waals surface area contributed by atoms with Gasteiger partial charge >= 0.3 is 6.03 Å². The molecule has 1 saturated heterocycles. The first kappa shape index (κ1) is 13.9. The number of aryl methyl sites for hydroxylation is 1. The Morgan fingerprint density at radius 1 is 1.68 bits per heavy atom. The van der Waals surface area contributed by atoms with Crippen LogP contribution in [-0.4, -0.2) is 42.9 Å². The zero-order chi connectivity index (χ0) is 13.7. The van der Waals surface area contributed by atoms with E-state index in [1.165, 1.54) is 0 Å². The summed E-state index contributed by atoms with van der Waals surface area (Å²) in [6.07, 6.45) is 2.75. The molecule has 1 atom stereocenters. The number of likely N-dealkylation sites (tertiary alicyclic amines) is 1.